The lowest BCUT2D eigenvalue weighted by atomic mass is 10.0. The van der Waals surface area contributed by atoms with Crippen LogP contribution in [0.15, 0.2) is 48.5 Å². The first-order valence-electron chi connectivity index (χ1n) is 10.3. The highest BCUT2D eigenvalue weighted by Gasteiger charge is 2.06. The quantitative estimate of drug-likeness (QED) is 0.392. The van der Waals surface area contributed by atoms with Crippen LogP contribution in [0.1, 0.15) is 76.3 Å². The molecule has 1 nitrogen and oxygen atoms in total. The molecule has 0 heterocycles. The third kappa shape index (κ3) is 6.94. The zero-order valence-electron chi connectivity index (χ0n) is 16.2. The maximum Gasteiger partial charge on any atom is 0.0416 e. The molecule has 2 aromatic carbocycles. The molecule has 1 heteroatoms. The summed E-state index contributed by atoms with van der Waals surface area (Å²) in [7, 11) is 0. The molecule has 136 valence electrons. The van der Waals surface area contributed by atoms with Crippen molar-refractivity contribution in [1.29, 1.82) is 0 Å². The lowest BCUT2D eigenvalue weighted by Crippen LogP contribution is -2.00. The molecule has 1 N–H and O–H groups in total. The molecular weight excluding hydrogens is 302 g/mol. The molecule has 0 saturated heterocycles. The van der Waals surface area contributed by atoms with E-state index < -0.39 is 0 Å². The smallest absolute Gasteiger partial charge is 0.0416 e. The van der Waals surface area contributed by atoms with E-state index in [4.69, 9.17) is 0 Å². The van der Waals surface area contributed by atoms with Gasteiger partial charge in [0.25, 0.3) is 0 Å². The summed E-state index contributed by atoms with van der Waals surface area (Å²) in [5.41, 5.74) is 5.42. The van der Waals surface area contributed by atoms with Crippen molar-refractivity contribution in [1.82, 2.24) is 0 Å². The fourth-order valence-electron chi connectivity index (χ4n) is 3.33. The van der Waals surface area contributed by atoms with Gasteiger partial charge in [-0.1, -0.05) is 88.8 Å². The summed E-state index contributed by atoms with van der Waals surface area (Å²) in [6.45, 7) is 4.53. The molecule has 25 heavy (non-hydrogen) atoms. The van der Waals surface area contributed by atoms with E-state index in [-0.39, 0.29) is 0 Å². The number of anilines is 2. The zero-order valence-corrected chi connectivity index (χ0v) is 16.2. The van der Waals surface area contributed by atoms with E-state index in [0.717, 1.165) is 6.42 Å². The number of benzene rings is 2. The Hall–Kier alpha value is -1.76. The zero-order chi connectivity index (χ0) is 17.7. The van der Waals surface area contributed by atoms with E-state index >= 15 is 0 Å². The van der Waals surface area contributed by atoms with Gasteiger partial charge in [0.2, 0.25) is 0 Å². The normalized spacial score (nSPS) is 10.8. The van der Waals surface area contributed by atoms with Gasteiger partial charge < -0.3 is 5.32 Å². The standard InChI is InChI=1S/C24H35N/c1-3-5-7-8-9-10-16-22-18-12-14-20-24(22)25-23-19-13-11-17-21(23)15-6-4-2/h11-14,17-20,25H,3-10,15-16H2,1-2H3. The van der Waals surface area contributed by atoms with Crippen LogP contribution in [0.3, 0.4) is 0 Å². The van der Waals surface area contributed by atoms with Crippen LogP contribution in [0.25, 0.3) is 0 Å². The Bertz CT molecular complexity index is 603. The van der Waals surface area contributed by atoms with Gasteiger partial charge in [-0.3, -0.25) is 0 Å². The number of para-hydroxylation sites is 2. The predicted molar refractivity (Wildman–Crippen MR) is 112 cm³/mol. The molecule has 0 unspecified atom stereocenters. The van der Waals surface area contributed by atoms with Crippen molar-refractivity contribution in [3.8, 4) is 0 Å². The highest BCUT2D eigenvalue weighted by molar-refractivity contribution is 5.66. The van der Waals surface area contributed by atoms with Crippen LogP contribution < -0.4 is 5.32 Å². The van der Waals surface area contributed by atoms with Crippen LogP contribution in [0, 0.1) is 0 Å². The predicted octanol–water partition coefficient (Wildman–Crippen LogP) is 7.68. The van der Waals surface area contributed by atoms with Crippen molar-refractivity contribution < 1.29 is 0 Å². The first-order valence-corrected chi connectivity index (χ1v) is 10.3. The van der Waals surface area contributed by atoms with E-state index in [2.05, 4.69) is 67.7 Å². The average molecular weight is 338 g/mol. The molecule has 0 atom stereocenters. The molecule has 0 spiro atoms. The molecule has 0 aliphatic heterocycles. The molecule has 0 aliphatic carbocycles. The van der Waals surface area contributed by atoms with Crippen molar-refractivity contribution in [2.75, 3.05) is 5.32 Å². The fourth-order valence-corrected chi connectivity index (χ4v) is 3.33. The maximum atomic E-state index is 3.71. The summed E-state index contributed by atoms with van der Waals surface area (Å²) in [4.78, 5) is 0. The molecule has 2 aromatic rings. The van der Waals surface area contributed by atoms with Gasteiger partial charge in [-0.05, 0) is 48.9 Å². The third-order valence-electron chi connectivity index (χ3n) is 4.90. The van der Waals surface area contributed by atoms with Crippen LogP contribution in [-0.2, 0) is 12.8 Å². The van der Waals surface area contributed by atoms with Crippen LogP contribution in [0.2, 0.25) is 0 Å². The van der Waals surface area contributed by atoms with Crippen molar-refractivity contribution >= 4 is 11.4 Å². The number of nitrogens with one attached hydrogen (secondary N) is 1. The summed E-state index contributed by atoms with van der Waals surface area (Å²) < 4.78 is 0. The molecule has 0 saturated carbocycles. The Morgan fingerprint density at radius 2 is 1.04 bits per heavy atom. The maximum absolute atomic E-state index is 3.71. The summed E-state index contributed by atoms with van der Waals surface area (Å²) in [6, 6.07) is 17.6. The second-order valence-corrected chi connectivity index (χ2v) is 7.06. The molecule has 0 aromatic heterocycles. The number of hydrogen-bond acceptors (Lipinski definition) is 1. The summed E-state index contributed by atoms with van der Waals surface area (Å²) in [6.07, 6.45) is 12.9. The molecule has 0 fully saturated rings. The number of hydrogen-bond donors (Lipinski definition) is 1. The first-order chi connectivity index (χ1) is 12.3. The van der Waals surface area contributed by atoms with Gasteiger partial charge in [-0.2, -0.15) is 0 Å². The summed E-state index contributed by atoms with van der Waals surface area (Å²) in [5, 5.41) is 3.71. The van der Waals surface area contributed by atoms with Gasteiger partial charge in [-0.25, -0.2) is 0 Å². The Kier molecular flexibility index (Phi) is 9.18. The third-order valence-corrected chi connectivity index (χ3v) is 4.90. The number of rotatable bonds is 12. The van der Waals surface area contributed by atoms with E-state index in [1.165, 1.54) is 80.3 Å². The Morgan fingerprint density at radius 3 is 1.64 bits per heavy atom. The van der Waals surface area contributed by atoms with Gasteiger partial charge in [-0.15, -0.1) is 0 Å². The SMILES string of the molecule is CCCCCCCCc1ccccc1Nc1ccccc1CCCC. The van der Waals surface area contributed by atoms with Gasteiger partial charge >= 0.3 is 0 Å². The van der Waals surface area contributed by atoms with Gasteiger partial charge in [0.15, 0.2) is 0 Å². The molecule has 0 radical (unpaired) electrons. The molecule has 2 rings (SSSR count). The van der Waals surface area contributed by atoms with Gasteiger partial charge in [0.05, 0.1) is 0 Å². The molecule has 0 aliphatic rings. The minimum atomic E-state index is 1.15. The first kappa shape index (κ1) is 19.6. The van der Waals surface area contributed by atoms with Crippen molar-refractivity contribution in [3.63, 3.8) is 0 Å². The molecular formula is C24H35N. The van der Waals surface area contributed by atoms with E-state index in [9.17, 15) is 0 Å². The second kappa shape index (κ2) is 11.7. The monoisotopic (exact) mass is 337 g/mol. The highest BCUT2D eigenvalue weighted by atomic mass is 14.9. The molecule has 0 amide bonds. The van der Waals surface area contributed by atoms with Crippen LogP contribution in [0.5, 0.6) is 0 Å². The number of unbranched alkanes of at least 4 members (excludes halogenated alkanes) is 6. The van der Waals surface area contributed by atoms with Crippen molar-refractivity contribution in [3.05, 3.63) is 59.7 Å². The van der Waals surface area contributed by atoms with Gasteiger partial charge in [0.1, 0.15) is 0 Å². The lowest BCUT2D eigenvalue weighted by molar-refractivity contribution is 0.608. The van der Waals surface area contributed by atoms with E-state index in [0.29, 0.717) is 0 Å². The summed E-state index contributed by atoms with van der Waals surface area (Å²) in [5.74, 6) is 0. The number of aryl methyl sites for hydroxylation is 2. The summed E-state index contributed by atoms with van der Waals surface area (Å²) >= 11 is 0. The Labute approximate surface area is 154 Å². The minimum absolute atomic E-state index is 1.15. The van der Waals surface area contributed by atoms with Crippen molar-refractivity contribution in [2.45, 2.75) is 78.1 Å². The Morgan fingerprint density at radius 1 is 0.560 bits per heavy atom. The van der Waals surface area contributed by atoms with Gasteiger partial charge in [0, 0.05) is 11.4 Å². The average Bonchev–Trinajstić information content (AvgIpc) is 2.65. The largest absolute Gasteiger partial charge is 0.355 e. The topological polar surface area (TPSA) is 12.0 Å². The fraction of sp³-hybridized carbons (Fsp3) is 0.500. The highest BCUT2D eigenvalue weighted by Crippen LogP contribution is 2.26. The lowest BCUT2D eigenvalue weighted by Gasteiger charge is -2.15. The molecule has 0 bridgehead atoms. The second-order valence-electron chi connectivity index (χ2n) is 7.06. The van der Waals surface area contributed by atoms with Crippen LogP contribution in [0.4, 0.5) is 11.4 Å². The van der Waals surface area contributed by atoms with E-state index in [1.54, 1.807) is 0 Å². The van der Waals surface area contributed by atoms with E-state index in [1.807, 2.05) is 0 Å². The van der Waals surface area contributed by atoms with Crippen LogP contribution >= 0.6 is 0 Å². The minimum Gasteiger partial charge on any atom is -0.355 e. The Balaban J connectivity index is 1.96. The van der Waals surface area contributed by atoms with Crippen molar-refractivity contribution in [2.24, 2.45) is 0 Å². The van der Waals surface area contributed by atoms with Crippen LogP contribution in [-0.4, -0.2) is 0 Å².